The minimum atomic E-state index is -0.449. The lowest BCUT2D eigenvalue weighted by Crippen LogP contribution is -2.26. The normalized spacial score (nSPS) is 14.7. The van der Waals surface area contributed by atoms with Gasteiger partial charge in [-0.3, -0.25) is 4.68 Å². The molecule has 1 aliphatic rings. The van der Waals surface area contributed by atoms with E-state index >= 15 is 0 Å². The molecule has 1 fully saturated rings. The molecule has 1 aliphatic carbocycles. The van der Waals surface area contributed by atoms with Gasteiger partial charge < -0.3 is 15.5 Å². The Bertz CT molecular complexity index is 926. The van der Waals surface area contributed by atoms with E-state index in [-0.39, 0.29) is 18.2 Å². The highest BCUT2D eigenvalue weighted by molar-refractivity contribution is 6.10. The van der Waals surface area contributed by atoms with Gasteiger partial charge in [0.25, 0.3) is 0 Å². The topological polar surface area (TPSA) is 92.9 Å². The first-order valence-corrected chi connectivity index (χ1v) is 10.9. The first kappa shape index (κ1) is 22.0. The fraction of sp³-hybridized carbons (Fsp3) is 0.565. The summed E-state index contributed by atoms with van der Waals surface area (Å²) in [5.74, 6) is 0.168. The fourth-order valence-electron chi connectivity index (χ4n) is 4.04. The summed E-state index contributed by atoms with van der Waals surface area (Å²) in [7, 11) is 1.87. The van der Waals surface area contributed by atoms with Crippen LogP contribution in [0.15, 0.2) is 12.3 Å². The molecule has 162 valence electrons. The van der Waals surface area contributed by atoms with E-state index in [0.717, 1.165) is 35.2 Å². The smallest absolute Gasteiger partial charge is 0.357 e. The van der Waals surface area contributed by atoms with Crippen LogP contribution in [0.3, 0.4) is 0 Å². The average molecular weight is 412 g/mol. The van der Waals surface area contributed by atoms with Crippen LogP contribution in [0.25, 0.3) is 11.1 Å². The highest BCUT2D eigenvalue weighted by Crippen LogP contribution is 2.34. The Labute approximate surface area is 178 Å². The zero-order valence-electron chi connectivity index (χ0n) is 18.7. The van der Waals surface area contributed by atoms with Gasteiger partial charge in [0.2, 0.25) is 0 Å². The van der Waals surface area contributed by atoms with Crippen molar-refractivity contribution < 1.29 is 9.53 Å². The second kappa shape index (κ2) is 9.41. The first-order chi connectivity index (χ1) is 14.3. The standard InChI is InChI=1S/C23H33N5O2/c1-6-30-23(29)19-12-17(18-13-28(5)27-15(18)4)20(21(24)14(2)3)22(26-19)25-16-10-8-7-9-11-16/h12-14,16,24H,6-11H2,1-5H3,(H,25,26). The number of aromatic nitrogens is 3. The van der Waals surface area contributed by atoms with Gasteiger partial charge in [0.1, 0.15) is 5.82 Å². The second-order valence-electron chi connectivity index (χ2n) is 8.35. The van der Waals surface area contributed by atoms with Gasteiger partial charge in [-0.15, -0.1) is 0 Å². The molecule has 7 heteroatoms. The largest absolute Gasteiger partial charge is 0.461 e. The van der Waals surface area contributed by atoms with Crippen molar-refractivity contribution in [2.75, 3.05) is 11.9 Å². The Morgan fingerprint density at radius 2 is 2.00 bits per heavy atom. The highest BCUT2D eigenvalue weighted by atomic mass is 16.5. The predicted molar refractivity (Wildman–Crippen MR) is 119 cm³/mol. The van der Waals surface area contributed by atoms with Crippen molar-refractivity contribution >= 4 is 17.5 Å². The molecule has 0 spiro atoms. The number of carbonyl (C=O) groups excluding carboxylic acids is 1. The Hall–Kier alpha value is -2.70. The summed E-state index contributed by atoms with van der Waals surface area (Å²) in [6.45, 7) is 8.03. The number of carbonyl (C=O) groups is 1. The number of esters is 1. The molecule has 2 aromatic heterocycles. The molecular formula is C23H33N5O2. The van der Waals surface area contributed by atoms with E-state index in [0.29, 0.717) is 17.6 Å². The molecule has 7 nitrogen and oxygen atoms in total. The van der Waals surface area contributed by atoms with Crippen LogP contribution in [0, 0.1) is 18.3 Å². The van der Waals surface area contributed by atoms with Gasteiger partial charge in [0.15, 0.2) is 5.69 Å². The van der Waals surface area contributed by atoms with Crippen molar-refractivity contribution in [2.45, 2.75) is 65.8 Å². The van der Waals surface area contributed by atoms with Gasteiger partial charge in [-0.25, -0.2) is 9.78 Å². The summed E-state index contributed by atoms with van der Waals surface area (Å²) in [5.41, 5.74) is 4.05. The summed E-state index contributed by atoms with van der Waals surface area (Å²) in [4.78, 5) is 17.2. The second-order valence-corrected chi connectivity index (χ2v) is 8.35. The number of hydrogen-bond donors (Lipinski definition) is 2. The minimum absolute atomic E-state index is 0.0166. The summed E-state index contributed by atoms with van der Waals surface area (Å²) in [6, 6.07) is 2.05. The van der Waals surface area contributed by atoms with Crippen LogP contribution in [0.2, 0.25) is 0 Å². The molecule has 3 rings (SSSR count). The molecular weight excluding hydrogens is 378 g/mol. The monoisotopic (exact) mass is 411 g/mol. The predicted octanol–water partition coefficient (Wildman–Crippen LogP) is 4.74. The number of rotatable bonds is 7. The van der Waals surface area contributed by atoms with Gasteiger partial charge in [0, 0.05) is 41.7 Å². The third kappa shape index (κ3) is 4.71. The highest BCUT2D eigenvalue weighted by Gasteiger charge is 2.26. The van der Waals surface area contributed by atoms with Crippen LogP contribution in [-0.4, -0.2) is 39.1 Å². The van der Waals surface area contributed by atoms with Crippen LogP contribution in [0.5, 0.6) is 0 Å². The van der Waals surface area contributed by atoms with Crippen LogP contribution in [0.1, 0.15) is 74.6 Å². The maximum Gasteiger partial charge on any atom is 0.357 e. The summed E-state index contributed by atoms with van der Waals surface area (Å²) >= 11 is 0. The molecule has 2 heterocycles. The van der Waals surface area contributed by atoms with Crippen molar-refractivity contribution in [3.63, 3.8) is 0 Å². The van der Waals surface area contributed by atoms with Gasteiger partial charge in [0.05, 0.1) is 12.3 Å². The summed E-state index contributed by atoms with van der Waals surface area (Å²) in [5, 5.41) is 16.9. The summed E-state index contributed by atoms with van der Waals surface area (Å²) in [6.07, 6.45) is 7.69. The molecule has 0 bridgehead atoms. The zero-order valence-corrected chi connectivity index (χ0v) is 18.7. The Kier molecular flexibility index (Phi) is 6.90. The van der Waals surface area contributed by atoms with Gasteiger partial charge in [-0.05, 0) is 38.7 Å². The van der Waals surface area contributed by atoms with E-state index in [4.69, 9.17) is 10.1 Å². The maximum atomic E-state index is 12.6. The third-order valence-corrected chi connectivity index (χ3v) is 5.60. The molecule has 0 amide bonds. The molecule has 0 aliphatic heterocycles. The third-order valence-electron chi connectivity index (χ3n) is 5.60. The number of pyridine rings is 1. The molecule has 0 saturated heterocycles. The van der Waals surface area contributed by atoms with Crippen molar-refractivity contribution in [1.29, 1.82) is 5.41 Å². The molecule has 0 radical (unpaired) electrons. The van der Waals surface area contributed by atoms with E-state index < -0.39 is 5.97 Å². The van der Waals surface area contributed by atoms with Crippen LogP contribution in [-0.2, 0) is 11.8 Å². The molecule has 1 saturated carbocycles. The van der Waals surface area contributed by atoms with E-state index in [9.17, 15) is 4.79 Å². The lowest BCUT2D eigenvalue weighted by Gasteiger charge is -2.26. The Morgan fingerprint density at radius 3 is 2.57 bits per heavy atom. The van der Waals surface area contributed by atoms with Crippen LogP contribution < -0.4 is 5.32 Å². The number of hydrogen-bond acceptors (Lipinski definition) is 6. The average Bonchev–Trinajstić information content (AvgIpc) is 3.05. The lowest BCUT2D eigenvalue weighted by atomic mass is 9.90. The minimum Gasteiger partial charge on any atom is -0.461 e. The quantitative estimate of drug-likeness (QED) is 0.507. The maximum absolute atomic E-state index is 12.6. The van der Waals surface area contributed by atoms with E-state index in [2.05, 4.69) is 15.4 Å². The molecule has 30 heavy (non-hydrogen) atoms. The molecule has 2 aromatic rings. The van der Waals surface area contributed by atoms with Crippen LogP contribution >= 0.6 is 0 Å². The van der Waals surface area contributed by atoms with E-state index in [1.807, 2.05) is 34.0 Å². The van der Waals surface area contributed by atoms with E-state index in [1.165, 1.54) is 19.3 Å². The van der Waals surface area contributed by atoms with E-state index in [1.54, 1.807) is 17.7 Å². The molecule has 0 atom stereocenters. The molecule has 0 aromatic carbocycles. The SMILES string of the molecule is CCOC(=O)c1cc(-c2cn(C)nc2C)c(C(=N)C(C)C)c(NC2CCCCC2)n1. The van der Waals surface area contributed by atoms with Crippen LogP contribution in [0.4, 0.5) is 5.82 Å². The van der Waals surface area contributed by atoms with Crippen molar-refractivity contribution in [3.05, 3.63) is 29.2 Å². The number of ether oxygens (including phenoxy) is 1. The van der Waals surface area contributed by atoms with Crippen molar-refractivity contribution in [2.24, 2.45) is 13.0 Å². The van der Waals surface area contributed by atoms with Crippen molar-refractivity contribution in [3.8, 4) is 11.1 Å². The number of nitrogens with one attached hydrogen (secondary N) is 2. The number of anilines is 1. The number of aryl methyl sites for hydroxylation is 2. The fourth-order valence-corrected chi connectivity index (χ4v) is 4.04. The zero-order chi connectivity index (χ0) is 21.8. The van der Waals surface area contributed by atoms with Gasteiger partial charge in [-0.1, -0.05) is 33.1 Å². The molecule has 0 unspecified atom stereocenters. The van der Waals surface area contributed by atoms with Gasteiger partial charge >= 0.3 is 5.97 Å². The first-order valence-electron chi connectivity index (χ1n) is 10.9. The Morgan fingerprint density at radius 1 is 1.30 bits per heavy atom. The number of nitrogens with zero attached hydrogens (tertiary/aromatic N) is 3. The Balaban J connectivity index is 2.21. The van der Waals surface area contributed by atoms with Gasteiger partial charge in [-0.2, -0.15) is 5.10 Å². The summed E-state index contributed by atoms with van der Waals surface area (Å²) < 4.78 is 7.00. The lowest BCUT2D eigenvalue weighted by molar-refractivity contribution is 0.0519. The molecule has 2 N–H and O–H groups in total. The van der Waals surface area contributed by atoms with Crippen molar-refractivity contribution in [1.82, 2.24) is 14.8 Å².